The van der Waals surface area contributed by atoms with E-state index in [1.807, 2.05) is 21.1 Å². The Bertz CT molecular complexity index is 1250. The van der Waals surface area contributed by atoms with E-state index >= 15 is 0 Å². The van der Waals surface area contributed by atoms with Gasteiger partial charge in [-0.2, -0.15) is 0 Å². The fraction of sp³-hybridized carbons (Fsp3) is 0.720. The van der Waals surface area contributed by atoms with Crippen molar-refractivity contribution in [3.05, 3.63) is 72.9 Å². The van der Waals surface area contributed by atoms with Gasteiger partial charge in [0.1, 0.15) is 19.8 Å². The Morgan fingerprint density at radius 1 is 0.533 bits per heavy atom. The molecule has 2 atom stereocenters. The van der Waals surface area contributed by atoms with Gasteiger partial charge >= 0.3 is 19.8 Å². The van der Waals surface area contributed by atoms with E-state index in [-0.39, 0.29) is 32.0 Å². The molecule has 0 aromatic rings. The molecule has 0 bridgehead atoms. The van der Waals surface area contributed by atoms with Crippen LogP contribution in [0.5, 0.6) is 0 Å². The first-order chi connectivity index (χ1) is 29.0. The normalized spacial score (nSPS) is 14.2. The van der Waals surface area contributed by atoms with Crippen molar-refractivity contribution in [3.8, 4) is 0 Å². The Kier molecular flexibility index (Phi) is 40.0. The molecule has 0 aliphatic rings. The third-order valence-electron chi connectivity index (χ3n) is 9.72. The molecule has 0 aromatic carbocycles. The first-order valence-corrected chi connectivity index (χ1v) is 25.2. The van der Waals surface area contributed by atoms with Crippen LogP contribution in [0, 0.1) is 0 Å². The number of likely N-dealkylation sites (N-methyl/N-ethyl adjacent to an activating group) is 1. The summed E-state index contributed by atoms with van der Waals surface area (Å²) in [6.07, 6.45) is 52.3. The minimum Gasteiger partial charge on any atom is -0.462 e. The second-order valence-electron chi connectivity index (χ2n) is 16.8. The molecule has 0 aromatic heterocycles. The lowest BCUT2D eigenvalue weighted by atomic mass is 10.1. The first-order valence-electron chi connectivity index (χ1n) is 23.7. The van der Waals surface area contributed by atoms with Crippen molar-refractivity contribution in [2.45, 2.75) is 187 Å². The number of hydrogen-bond acceptors (Lipinski definition) is 7. The van der Waals surface area contributed by atoms with E-state index in [1.54, 1.807) is 0 Å². The molecular formula is C50H89NO8P+. The largest absolute Gasteiger partial charge is 0.472 e. The van der Waals surface area contributed by atoms with E-state index in [9.17, 15) is 19.0 Å². The number of quaternary nitrogens is 1. The van der Waals surface area contributed by atoms with Gasteiger partial charge in [-0.1, -0.05) is 157 Å². The van der Waals surface area contributed by atoms with Crippen LogP contribution in [0.25, 0.3) is 0 Å². The maximum atomic E-state index is 12.7. The number of hydrogen-bond donors (Lipinski definition) is 1. The molecule has 1 N–H and O–H groups in total. The van der Waals surface area contributed by atoms with Crippen molar-refractivity contribution in [1.82, 2.24) is 0 Å². The summed E-state index contributed by atoms with van der Waals surface area (Å²) in [6.45, 7) is 4.25. The molecule has 10 heteroatoms. The molecule has 0 aliphatic heterocycles. The van der Waals surface area contributed by atoms with E-state index in [4.69, 9.17) is 18.5 Å². The zero-order valence-electron chi connectivity index (χ0n) is 38.9. The highest BCUT2D eigenvalue weighted by molar-refractivity contribution is 7.47. The van der Waals surface area contributed by atoms with E-state index in [0.717, 1.165) is 83.5 Å². The monoisotopic (exact) mass is 863 g/mol. The molecular weight excluding hydrogens is 774 g/mol. The number of rotatable bonds is 42. The van der Waals surface area contributed by atoms with Gasteiger partial charge in [0.25, 0.3) is 0 Å². The second kappa shape index (κ2) is 41.8. The van der Waals surface area contributed by atoms with Gasteiger partial charge in [0.2, 0.25) is 0 Å². The van der Waals surface area contributed by atoms with Gasteiger partial charge in [-0.25, -0.2) is 4.57 Å². The fourth-order valence-electron chi connectivity index (χ4n) is 6.03. The first kappa shape index (κ1) is 57.4. The average Bonchev–Trinajstić information content (AvgIpc) is 3.20. The summed E-state index contributed by atoms with van der Waals surface area (Å²) < 4.78 is 34.3. The van der Waals surface area contributed by atoms with Crippen LogP contribution in [0.1, 0.15) is 181 Å². The van der Waals surface area contributed by atoms with Crippen LogP contribution < -0.4 is 0 Å². The SMILES string of the molecule is CC/C=C\C/C=C\C/C=C\C/C=C\C/C=C\CCCCCC(=O)OC(COC(=O)CCCCCCCCC/C=C\CCCCCCCC)COP(=O)(O)OCC[N+](C)(C)C. The maximum Gasteiger partial charge on any atom is 0.472 e. The van der Waals surface area contributed by atoms with Crippen LogP contribution in [-0.4, -0.2) is 74.9 Å². The predicted octanol–water partition coefficient (Wildman–Crippen LogP) is 13.8. The molecule has 2 unspecified atom stereocenters. The summed E-state index contributed by atoms with van der Waals surface area (Å²) in [6, 6.07) is 0. The molecule has 0 radical (unpaired) electrons. The van der Waals surface area contributed by atoms with Gasteiger partial charge in [0.05, 0.1) is 27.7 Å². The number of ether oxygens (including phenoxy) is 2. The lowest BCUT2D eigenvalue weighted by Gasteiger charge is -2.24. The minimum absolute atomic E-state index is 0.0209. The van der Waals surface area contributed by atoms with Crippen LogP contribution in [0.3, 0.4) is 0 Å². The Labute approximate surface area is 368 Å². The summed E-state index contributed by atoms with van der Waals surface area (Å²) in [5.74, 6) is -0.845. The highest BCUT2D eigenvalue weighted by Crippen LogP contribution is 2.43. The van der Waals surface area contributed by atoms with Crippen molar-refractivity contribution in [3.63, 3.8) is 0 Å². The van der Waals surface area contributed by atoms with Crippen molar-refractivity contribution in [2.24, 2.45) is 0 Å². The smallest absolute Gasteiger partial charge is 0.462 e. The highest BCUT2D eigenvalue weighted by atomic mass is 31.2. The molecule has 0 amide bonds. The Hall–Kier alpha value is -2.55. The molecule has 0 fully saturated rings. The van der Waals surface area contributed by atoms with Gasteiger partial charge in [-0.15, -0.1) is 0 Å². The van der Waals surface area contributed by atoms with Crippen molar-refractivity contribution in [2.75, 3.05) is 47.5 Å². The average molecular weight is 863 g/mol. The summed E-state index contributed by atoms with van der Waals surface area (Å²) in [7, 11) is 1.44. The molecule has 0 spiro atoms. The summed E-state index contributed by atoms with van der Waals surface area (Å²) in [5.41, 5.74) is 0. The standard InChI is InChI=1S/C50H88NO8P/c1-6-8-10-12-14-16-18-20-22-24-25-27-29-31-33-35-37-39-41-43-50(53)59-48(47-58-60(54,55)57-45-44-51(3,4)5)46-56-49(52)42-40-38-36-34-32-30-28-26-23-21-19-17-15-13-11-9-7-2/h8,10,14,16,20-23,25,27,31,33,48H,6-7,9,11-13,15,17-19,24,26,28-30,32,34-47H2,1-5H3/p+1/b10-8-,16-14-,22-20-,23-21-,27-25-,33-31-. The summed E-state index contributed by atoms with van der Waals surface area (Å²) >= 11 is 0. The molecule has 60 heavy (non-hydrogen) atoms. The summed E-state index contributed by atoms with van der Waals surface area (Å²) in [5, 5.41) is 0. The van der Waals surface area contributed by atoms with Gasteiger partial charge in [-0.05, 0) is 83.5 Å². The van der Waals surface area contributed by atoms with Crippen LogP contribution in [0.4, 0.5) is 0 Å². The molecule has 0 rings (SSSR count). The number of unbranched alkanes of at least 4 members (excludes halogenated alkanes) is 16. The molecule has 0 saturated heterocycles. The molecule has 9 nitrogen and oxygen atoms in total. The van der Waals surface area contributed by atoms with Crippen LogP contribution in [0.2, 0.25) is 0 Å². The van der Waals surface area contributed by atoms with Gasteiger partial charge < -0.3 is 18.9 Å². The number of carbonyl (C=O) groups excluding carboxylic acids is 2. The zero-order valence-corrected chi connectivity index (χ0v) is 39.8. The Morgan fingerprint density at radius 2 is 0.950 bits per heavy atom. The van der Waals surface area contributed by atoms with E-state index < -0.39 is 26.5 Å². The van der Waals surface area contributed by atoms with Gasteiger partial charge in [0, 0.05) is 12.8 Å². The van der Waals surface area contributed by atoms with Crippen LogP contribution in [-0.2, 0) is 32.7 Å². The van der Waals surface area contributed by atoms with Crippen LogP contribution >= 0.6 is 7.82 Å². The number of nitrogens with zero attached hydrogens (tertiary/aromatic N) is 1. The highest BCUT2D eigenvalue weighted by Gasteiger charge is 2.27. The third kappa shape index (κ3) is 45.0. The van der Waals surface area contributed by atoms with Gasteiger partial charge in [0.15, 0.2) is 6.10 Å². The molecule has 0 saturated carbocycles. The zero-order chi connectivity index (χ0) is 44.3. The fourth-order valence-corrected chi connectivity index (χ4v) is 6.78. The number of phosphoric acid groups is 1. The Morgan fingerprint density at radius 3 is 1.45 bits per heavy atom. The Balaban J connectivity index is 4.40. The number of phosphoric ester groups is 1. The van der Waals surface area contributed by atoms with Crippen molar-refractivity contribution >= 4 is 19.8 Å². The maximum absolute atomic E-state index is 12.7. The quantitative estimate of drug-likeness (QED) is 0.0212. The van der Waals surface area contributed by atoms with E-state index in [1.165, 1.54) is 64.2 Å². The topological polar surface area (TPSA) is 108 Å². The third-order valence-corrected chi connectivity index (χ3v) is 10.7. The van der Waals surface area contributed by atoms with Crippen molar-refractivity contribution in [1.29, 1.82) is 0 Å². The lowest BCUT2D eigenvalue weighted by molar-refractivity contribution is -0.870. The van der Waals surface area contributed by atoms with Crippen LogP contribution in [0.15, 0.2) is 72.9 Å². The molecule has 0 aliphatic carbocycles. The van der Waals surface area contributed by atoms with Gasteiger partial charge in [-0.3, -0.25) is 18.6 Å². The number of allylic oxidation sites excluding steroid dienone is 12. The number of esters is 2. The second-order valence-corrected chi connectivity index (χ2v) is 18.2. The van der Waals surface area contributed by atoms with Crippen molar-refractivity contribution < 1.29 is 42.1 Å². The lowest BCUT2D eigenvalue weighted by Crippen LogP contribution is -2.37. The number of carbonyl (C=O) groups is 2. The predicted molar refractivity (Wildman–Crippen MR) is 252 cm³/mol. The molecule has 0 heterocycles. The van der Waals surface area contributed by atoms with E-state index in [2.05, 4.69) is 86.8 Å². The summed E-state index contributed by atoms with van der Waals surface area (Å²) in [4.78, 5) is 35.5. The van der Waals surface area contributed by atoms with E-state index in [0.29, 0.717) is 17.4 Å². The molecule has 346 valence electrons. The minimum atomic E-state index is -4.39.